The number of nitrogens with zero attached hydrogens (tertiary/aromatic N) is 4. The van der Waals surface area contributed by atoms with Gasteiger partial charge in [-0.05, 0) is 18.6 Å². The molecule has 5 rings (SSSR count). The number of aromatic nitrogens is 4. The van der Waals surface area contributed by atoms with Crippen molar-refractivity contribution in [1.29, 1.82) is 0 Å². The van der Waals surface area contributed by atoms with Crippen LogP contribution in [0.25, 0.3) is 27.8 Å². The van der Waals surface area contributed by atoms with Crippen LogP contribution >= 0.6 is 0 Å². The topological polar surface area (TPSA) is 73.5 Å². The zero-order chi connectivity index (χ0) is 19.4. The Morgan fingerprint density at radius 3 is 2.89 bits per heavy atom. The standard InChI is InChI=1S/C20H18FN5O2/c1-25-15(13-10-26-4-3-22-19(26)8-17(13)28-2)5-11-6-18(23-9-16(11)25)24-20(27)12-7-14(12)21/h3-6,8-10,12,14H,7H2,1-2H3,(H,23,24,27)/t12-,14+/m1/s1. The van der Waals surface area contributed by atoms with Crippen LogP contribution in [0, 0.1) is 5.92 Å². The van der Waals surface area contributed by atoms with Crippen molar-refractivity contribution in [1.82, 2.24) is 18.9 Å². The number of nitrogens with one attached hydrogen (secondary N) is 1. The van der Waals surface area contributed by atoms with Crippen molar-refractivity contribution < 1.29 is 13.9 Å². The van der Waals surface area contributed by atoms with Crippen LogP contribution in [0.15, 0.2) is 43.0 Å². The van der Waals surface area contributed by atoms with Crippen LogP contribution in [-0.2, 0) is 11.8 Å². The number of amides is 1. The van der Waals surface area contributed by atoms with Crippen LogP contribution in [0.1, 0.15) is 6.42 Å². The molecule has 28 heavy (non-hydrogen) atoms. The first-order chi connectivity index (χ1) is 13.5. The number of alkyl halides is 1. The minimum atomic E-state index is -1.03. The van der Waals surface area contributed by atoms with Gasteiger partial charge in [-0.3, -0.25) is 4.79 Å². The van der Waals surface area contributed by atoms with Gasteiger partial charge in [-0.2, -0.15) is 0 Å². The van der Waals surface area contributed by atoms with Crippen molar-refractivity contribution >= 4 is 28.3 Å². The molecule has 0 saturated heterocycles. The summed E-state index contributed by atoms with van der Waals surface area (Å²) in [7, 11) is 3.58. The Kier molecular flexibility index (Phi) is 3.61. The molecular weight excluding hydrogens is 361 g/mol. The molecule has 142 valence electrons. The van der Waals surface area contributed by atoms with Gasteiger partial charge in [0.1, 0.15) is 23.4 Å². The van der Waals surface area contributed by atoms with Crippen LogP contribution < -0.4 is 10.1 Å². The van der Waals surface area contributed by atoms with Gasteiger partial charge in [0.15, 0.2) is 0 Å². The maximum Gasteiger partial charge on any atom is 0.231 e. The van der Waals surface area contributed by atoms with Gasteiger partial charge in [0.05, 0.1) is 36.0 Å². The lowest BCUT2D eigenvalue weighted by molar-refractivity contribution is -0.117. The van der Waals surface area contributed by atoms with E-state index in [9.17, 15) is 9.18 Å². The van der Waals surface area contributed by atoms with E-state index in [2.05, 4.69) is 15.3 Å². The van der Waals surface area contributed by atoms with E-state index in [1.807, 2.05) is 40.5 Å². The average molecular weight is 379 g/mol. The average Bonchev–Trinajstić information content (AvgIpc) is 3.11. The number of methoxy groups -OCH3 is 1. The van der Waals surface area contributed by atoms with Crippen LogP contribution in [-0.4, -0.2) is 38.1 Å². The first kappa shape index (κ1) is 16.7. The van der Waals surface area contributed by atoms with E-state index >= 15 is 0 Å². The Bertz CT molecular complexity index is 1230. The Morgan fingerprint density at radius 1 is 1.32 bits per heavy atom. The number of carbonyl (C=O) groups excluding carboxylic acids is 1. The fourth-order valence-electron chi connectivity index (χ4n) is 3.52. The van der Waals surface area contributed by atoms with Crippen molar-refractivity contribution in [2.45, 2.75) is 12.6 Å². The van der Waals surface area contributed by atoms with E-state index in [4.69, 9.17) is 4.74 Å². The number of pyridine rings is 2. The molecule has 0 aliphatic heterocycles. The highest BCUT2D eigenvalue weighted by Crippen LogP contribution is 2.36. The highest BCUT2D eigenvalue weighted by atomic mass is 19.1. The van der Waals surface area contributed by atoms with Gasteiger partial charge < -0.3 is 19.0 Å². The molecule has 1 aliphatic rings. The van der Waals surface area contributed by atoms with Gasteiger partial charge in [0.2, 0.25) is 5.91 Å². The molecule has 8 heteroatoms. The normalized spacial score (nSPS) is 18.5. The zero-order valence-electron chi connectivity index (χ0n) is 15.4. The molecule has 1 saturated carbocycles. The first-order valence-electron chi connectivity index (χ1n) is 8.96. The van der Waals surface area contributed by atoms with Crippen LogP contribution in [0.5, 0.6) is 5.75 Å². The predicted octanol–water partition coefficient (Wildman–Crippen LogP) is 3.19. The SMILES string of the molecule is COc1cc2nccn2cc1-c1cc2cc(NC(=O)[C@@H]3C[C@@H]3F)ncc2n1C. The van der Waals surface area contributed by atoms with E-state index in [1.165, 1.54) is 0 Å². The van der Waals surface area contributed by atoms with Gasteiger partial charge >= 0.3 is 0 Å². The lowest BCUT2D eigenvalue weighted by atomic mass is 10.1. The zero-order valence-corrected chi connectivity index (χ0v) is 15.4. The van der Waals surface area contributed by atoms with Crippen molar-refractivity contribution in [3.8, 4) is 17.0 Å². The van der Waals surface area contributed by atoms with Gasteiger partial charge in [-0.1, -0.05) is 0 Å². The number of halogens is 1. The Labute approximate surface area is 159 Å². The number of aryl methyl sites for hydroxylation is 1. The predicted molar refractivity (Wildman–Crippen MR) is 103 cm³/mol. The van der Waals surface area contributed by atoms with Gasteiger partial charge in [0, 0.05) is 37.1 Å². The Hall–Kier alpha value is -3.42. The largest absolute Gasteiger partial charge is 0.496 e. The minimum Gasteiger partial charge on any atom is -0.496 e. The van der Waals surface area contributed by atoms with E-state index in [0.717, 1.165) is 27.8 Å². The van der Waals surface area contributed by atoms with Gasteiger partial charge in [-0.25, -0.2) is 14.4 Å². The number of anilines is 1. The summed E-state index contributed by atoms with van der Waals surface area (Å²) in [5, 5.41) is 3.62. The summed E-state index contributed by atoms with van der Waals surface area (Å²) in [5.74, 6) is 0.275. The molecule has 1 N–H and O–H groups in total. The molecule has 1 fully saturated rings. The second-order valence-electron chi connectivity index (χ2n) is 7.01. The third-order valence-corrected chi connectivity index (χ3v) is 5.22. The second kappa shape index (κ2) is 6.05. The Balaban J connectivity index is 1.57. The summed E-state index contributed by atoms with van der Waals surface area (Å²) in [6.45, 7) is 0. The smallest absolute Gasteiger partial charge is 0.231 e. The summed E-state index contributed by atoms with van der Waals surface area (Å²) in [6, 6.07) is 5.71. The molecule has 4 aromatic heterocycles. The molecular formula is C20H18FN5O2. The molecule has 4 heterocycles. The number of carbonyl (C=O) groups is 1. The third kappa shape index (κ3) is 2.60. The van der Waals surface area contributed by atoms with E-state index < -0.39 is 12.1 Å². The summed E-state index contributed by atoms with van der Waals surface area (Å²) in [4.78, 5) is 20.6. The van der Waals surface area contributed by atoms with E-state index in [-0.39, 0.29) is 5.91 Å². The molecule has 1 aliphatic carbocycles. The van der Waals surface area contributed by atoms with Gasteiger partial charge in [0.25, 0.3) is 0 Å². The molecule has 0 spiro atoms. The van der Waals surface area contributed by atoms with E-state index in [1.54, 1.807) is 25.6 Å². The van der Waals surface area contributed by atoms with Crippen molar-refractivity contribution in [3.63, 3.8) is 0 Å². The number of ether oxygens (including phenoxy) is 1. The summed E-state index contributed by atoms with van der Waals surface area (Å²) >= 11 is 0. The molecule has 0 unspecified atom stereocenters. The Morgan fingerprint density at radius 2 is 2.14 bits per heavy atom. The molecule has 0 radical (unpaired) electrons. The second-order valence-corrected chi connectivity index (χ2v) is 7.01. The molecule has 7 nitrogen and oxygen atoms in total. The first-order valence-corrected chi connectivity index (χ1v) is 8.96. The molecule has 4 aromatic rings. The number of imidazole rings is 1. The van der Waals surface area contributed by atoms with Crippen molar-refractivity contribution in [2.75, 3.05) is 12.4 Å². The van der Waals surface area contributed by atoms with Crippen molar-refractivity contribution in [3.05, 3.63) is 43.0 Å². The van der Waals surface area contributed by atoms with Gasteiger partial charge in [-0.15, -0.1) is 0 Å². The summed E-state index contributed by atoms with van der Waals surface area (Å²) < 4.78 is 22.6. The van der Waals surface area contributed by atoms with Crippen molar-refractivity contribution in [2.24, 2.45) is 13.0 Å². The summed E-state index contributed by atoms with van der Waals surface area (Å²) in [5.41, 5.74) is 3.57. The number of fused-ring (bicyclic) bond motifs is 2. The van der Waals surface area contributed by atoms with Crippen LogP contribution in [0.3, 0.4) is 0 Å². The lowest BCUT2D eigenvalue weighted by Crippen LogP contribution is -2.15. The van der Waals surface area contributed by atoms with Crippen LogP contribution in [0.4, 0.5) is 10.2 Å². The molecule has 0 bridgehead atoms. The fourth-order valence-corrected chi connectivity index (χ4v) is 3.52. The number of hydrogen-bond acceptors (Lipinski definition) is 4. The fraction of sp³-hybridized carbons (Fsp3) is 0.250. The van der Waals surface area contributed by atoms with Crippen LogP contribution in [0.2, 0.25) is 0 Å². The van der Waals surface area contributed by atoms with E-state index in [0.29, 0.717) is 18.0 Å². The highest BCUT2D eigenvalue weighted by Gasteiger charge is 2.43. The molecule has 1 amide bonds. The third-order valence-electron chi connectivity index (χ3n) is 5.22. The lowest BCUT2D eigenvalue weighted by Gasteiger charge is -2.10. The molecule has 2 atom stereocenters. The maximum atomic E-state index is 13.1. The number of hydrogen-bond donors (Lipinski definition) is 1. The molecule has 0 aromatic carbocycles. The summed E-state index contributed by atoms with van der Waals surface area (Å²) in [6.07, 6.45) is 6.56. The maximum absolute atomic E-state index is 13.1. The monoisotopic (exact) mass is 379 g/mol. The highest BCUT2D eigenvalue weighted by molar-refractivity contribution is 5.96. The minimum absolute atomic E-state index is 0.292. The number of rotatable bonds is 4. The quantitative estimate of drug-likeness (QED) is 0.591.